The Morgan fingerprint density at radius 1 is 1.06 bits per heavy atom. The molecule has 100 valence electrons. The summed E-state index contributed by atoms with van der Waals surface area (Å²) in [6.07, 6.45) is 8.51. The molecule has 0 rings (SSSR count). The van der Waals surface area contributed by atoms with Crippen molar-refractivity contribution in [2.24, 2.45) is 0 Å². The van der Waals surface area contributed by atoms with Gasteiger partial charge in [0.15, 0.2) is 0 Å². The van der Waals surface area contributed by atoms with Crippen LogP contribution in [0.3, 0.4) is 0 Å². The molecular weight excluding hydrogens is 213 g/mol. The molecule has 0 atom stereocenters. The molecule has 4 heteroatoms. The van der Waals surface area contributed by atoms with E-state index in [4.69, 9.17) is 4.74 Å². The van der Waals surface area contributed by atoms with Crippen molar-refractivity contribution in [3.8, 4) is 0 Å². The minimum Gasteiger partial charge on any atom is -0.444 e. The van der Waals surface area contributed by atoms with Crippen molar-refractivity contribution in [2.75, 3.05) is 6.54 Å². The maximum Gasteiger partial charge on any atom is 0.407 e. The van der Waals surface area contributed by atoms with Gasteiger partial charge >= 0.3 is 6.09 Å². The van der Waals surface area contributed by atoms with Crippen molar-refractivity contribution < 1.29 is 9.53 Å². The topological polar surface area (TPSA) is 38.3 Å². The molecule has 0 unspecified atom stereocenters. The van der Waals surface area contributed by atoms with Crippen molar-refractivity contribution in [1.29, 1.82) is 0 Å². The molecule has 3 nitrogen and oxygen atoms in total. The molecule has 0 bridgehead atoms. The second-order valence-electron chi connectivity index (χ2n) is 5.55. The van der Waals surface area contributed by atoms with Gasteiger partial charge in [-0.1, -0.05) is 38.4 Å². The van der Waals surface area contributed by atoms with Gasteiger partial charge in [-0.15, -0.1) is 0 Å². The molecule has 0 aromatic heterocycles. The van der Waals surface area contributed by atoms with Gasteiger partial charge in [0.25, 0.3) is 0 Å². The first-order chi connectivity index (χ1) is 7.95. The fraction of sp³-hybridized carbons (Fsp3) is 0.923. The Hall–Kier alpha value is -0.665. The highest BCUT2D eigenvalue weighted by Gasteiger charge is 2.15. The standard InChI is InChI=1S/C13H28BNO2/c1-13(2,3)17-12(16)15-11-9-7-5-4-6-8-10-14/h4-11,14H2,1-3H3,(H,15,16). The molecule has 1 amide bonds. The smallest absolute Gasteiger partial charge is 0.407 e. The van der Waals surface area contributed by atoms with E-state index in [1.807, 2.05) is 20.8 Å². The highest BCUT2D eigenvalue weighted by Crippen LogP contribution is 2.07. The number of amides is 1. The third-order valence-electron chi connectivity index (χ3n) is 2.45. The Morgan fingerprint density at radius 2 is 1.59 bits per heavy atom. The van der Waals surface area contributed by atoms with Crippen molar-refractivity contribution in [3.63, 3.8) is 0 Å². The van der Waals surface area contributed by atoms with Crippen LogP contribution in [0.1, 0.15) is 59.3 Å². The summed E-state index contributed by atoms with van der Waals surface area (Å²) >= 11 is 0. The van der Waals surface area contributed by atoms with Crippen molar-refractivity contribution >= 4 is 13.9 Å². The first kappa shape index (κ1) is 16.3. The number of ether oxygens (including phenoxy) is 1. The minimum absolute atomic E-state index is 0.302. The van der Waals surface area contributed by atoms with Gasteiger partial charge in [0.1, 0.15) is 13.4 Å². The molecule has 17 heavy (non-hydrogen) atoms. The normalized spacial score (nSPS) is 11.2. The minimum atomic E-state index is -0.399. The number of carbonyl (C=O) groups is 1. The van der Waals surface area contributed by atoms with Gasteiger partial charge in [0.2, 0.25) is 0 Å². The van der Waals surface area contributed by atoms with Gasteiger partial charge in [-0.3, -0.25) is 0 Å². The number of rotatable bonds is 8. The molecule has 0 saturated carbocycles. The van der Waals surface area contributed by atoms with E-state index in [0.29, 0.717) is 0 Å². The van der Waals surface area contributed by atoms with Gasteiger partial charge in [0, 0.05) is 6.54 Å². The lowest BCUT2D eigenvalue weighted by atomic mass is 9.98. The van der Waals surface area contributed by atoms with Gasteiger partial charge in [-0.05, 0) is 27.2 Å². The number of nitrogens with one attached hydrogen (secondary N) is 1. The summed E-state index contributed by atoms with van der Waals surface area (Å²) in [5.41, 5.74) is -0.399. The molecule has 0 aromatic carbocycles. The van der Waals surface area contributed by atoms with Crippen LogP contribution in [0, 0.1) is 0 Å². The molecule has 0 aliphatic heterocycles. The van der Waals surface area contributed by atoms with Gasteiger partial charge in [-0.25, -0.2) is 4.79 Å². The molecule has 0 aliphatic rings. The molecule has 0 fully saturated rings. The fourth-order valence-corrected chi connectivity index (χ4v) is 1.59. The highest BCUT2D eigenvalue weighted by atomic mass is 16.6. The molecule has 0 spiro atoms. The maximum absolute atomic E-state index is 11.3. The zero-order chi connectivity index (χ0) is 13.1. The van der Waals surface area contributed by atoms with Crippen LogP contribution in [0.5, 0.6) is 0 Å². The van der Waals surface area contributed by atoms with Crippen LogP contribution < -0.4 is 5.32 Å². The maximum atomic E-state index is 11.3. The number of hydrogen-bond donors (Lipinski definition) is 1. The predicted octanol–water partition coefficient (Wildman–Crippen LogP) is 2.90. The molecule has 0 radical (unpaired) electrons. The largest absolute Gasteiger partial charge is 0.444 e. The molecule has 1 N–H and O–H groups in total. The Bertz CT molecular complexity index is 202. The summed E-state index contributed by atoms with van der Waals surface area (Å²) in [7, 11) is 2.23. The van der Waals surface area contributed by atoms with E-state index < -0.39 is 5.60 Å². The van der Waals surface area contributed by atoms with Crippen LogP contribution in [0.25, 0.3) is 0 Å². The van der Waals surface area contributed by atoms with Crippen LogP contribution >= 0.6 is 0 Å². The lowest BCUT2D eigenvalue weighted by Gasteiger charge is -2.19. The Kier molecular flexibility index (Phi) is 9.01. The quantitative estimate of drug-likeness (QED) is 0.524. The molecule has 0 aromatic rings. The number of unbranched alkanes of at least 4 members (excludes halogenated alkanes) is 5. The van der Waals surface area contributed by atoms with Crippen molar-refractivity contribution in [2.45, 2.75) is 71.2 Å². The zero-order valence-electron chi connectivity index (χ0n) is 12.0. The van der Waals surface area contributed by atoms with E-state index in [1.54, 1.807) is 0 Å². The second kappa shape index (κ2) is 9.37. The second-order valence-corrected chi connectivity index (χ2v) is 5.55. The average molecular weight is 241 g/mol. The lowest BCUT2D eigenvalue weighted by molar-refractivity contribution is 0.0527. The summed E-state index contributed by atoms with van der Waals surface area (Å²) in [4.78, 5) is 11.3. The summed E-state index contributed by atoms with van der Waals surface area (Å²) < 4.78 is 5.15. The molecule has 0 heterocycles. The summed E-state index contributed by atoms with van der Waals surface area (Å²) in [6, 6.07) is 0. The van der Waals surface area contributed by atoms with Crippen LogP contribution in [-0.2, 0) is 4.74 Å². The third-order valence-corrected chi connectivity index (χ3v) is 2.45. The number of hydrogen-bond acceptors (Lipinski definition) is 2. The van der Waals surface area contributed by atoms with E-state index in [1.165, 1.54) is 38.4 Å². The Labute approximate surface area is 107 Å². The predicted molar refractivity (Wildman–Crippen MR) is 75.3 cm³/mol. The third kappa shape index (κ3) is 13.3. The van der Waals surface area contributed by atoms with E-state index >= 15 is 0 Å². The van der Waals surface area contributed by atoms with Crippen LogP contribution in [0.15, 0.2) is 0 Å². The van der Waals surface area contributed by atoms with Gasteiger partial charge in [0.05, 0.1) is 0 Å². The van der Waals surface area contributed by atoms with Crippen molar-refractivity contribution in [1.82, 2.24) is 5.32 Å². The molecule has 0 aliphatic carbocycles. The summed E-state index contributed by atoms with van der Waals surface area (Å²) in [5, 5.41) is 2.78. The van der Waals surface area contributed by atoms with Crippen LogP contribution in [0.2, 0.25) is 6.32 Å². The zero-order valence-corrected chi connectivity index (χ0v) is 12.0. The molecule has 0 saturated heterocycles. The monoisotopic (exact) mass is 241 g/mol. The number of alkyl carbamates (subject to hydrolysis) is 1. The average Bonchev–Trinajstić information content (AvgIpc) is 2.19. The first-order valence-electron chi connectivity index (χ1n) is 6.92. The number of carbonyl (C=O) groups excluding carboxylic acids is 1. The summed E-state index contributed by atoms with van der Waals surface area (Å²) in [6.45, 7) is 6.35. The van der Waals surface area contributed by atoms with E-state index in [0.717, 1.165) is 13.0 Å². The van der Waals surface area contributed by atoms with E-state index in [-0.39, 0.29) is 6.09 Å². The van der Waals surface area contributed by atoms with Crippen LogP contribution in [-0.4, -0.2) is 26.1 Å². The molecular formula is C13H28BNO2. The SMILES string of the molecule is BCCCCCCCCNC(=O)OC(C)(C)C. The van der Waals surface area contributed by atoms with Crippen molar-refractivity contribution in [3.05, 3.63) is 0 Å². The van der Waals surface area contributed by atoms with Crippen LogP contribution in [0.4, 0.5) is 4.79 Å². The fourth-order valence-electron chi connectivity index (χ4n) is 1.59. The summed E-state index contributed by atoms with van der Waals surface area (Å²) in [5.74, 6) is 0. The Balaban J connectivity index is 3.25. The van der Waals surface area contributed by atoms with Gasteiger partial charge < -0.3 is 10.1 Å². The van der Waals surface area contributed by atoms with E-state index in [9.17, 15) is 4.79 Å². The first-order valence-corrected chi connectivity index (χ1v) is 6.92. The lowest BCUT2D eigenvalue weighted by Crippen LogP contribution is -2.32. The highest BCUT2D eigenvalue weighted by molar-refractivity contribution is 6.08. The Morgan fingerprint density at radius 3 is 2.12 bits per heavy atom. The van der Waals surface area contributed by atoms with Gasteiger partial charge in [-0.2, -0.15) is 0 Å². The van der Waals surface area contributed by atoms with E-state index in [2.05, 4.69) is 13.2 Å².